The summed E-state index contributed by atoms with van der Waals surface area (Å²) in [4.78, 5) is 2.70. The predicted octanol–water partition coefficient (Wildman–Crippen LogP) is 3.13. The first-order chi connectivity index (χ1) is 7.07. The van der Waals surface area contributed by atoms with Gasteiger partial charge in [0, 0.05) is 16.9 Å². The molecule has 0 aromatic carbocycles. The predicted molar refractivity (Wildman–Crippen MR) is 66.6 cm³/mol. The molecule has 0 saturated carbocycles. The van der Waals surface area contributed by atoms with E-state index < -0.39 is 0 Å². The number of nitrogens with one attached hydrogen (secondary N) is 1. The molecular weight excluding hydrogens is 206 g/mol. The molecule has 0 aliphatic rings. The first kappa shape index (κ1) is 12.7. The number of rotatable bonds is 5. The van der Waals surface area contributed by atoms with Gasteiger partial charge in [-0.3, -0.25) is 0 Å². The largest absolute Gasteiger partial charge is 0.377 e. The van der Waals surface area contributed by atoms with Gasteiger partial charge in [-0.1, -0.05) is 6.92 Å². The molecule has 0 spiro atoms. The maximum atomic E-state index is 5.65. The number of aryl methyl sites for hydroxylation is 1. The zero-order valence-corrected chi connectivity index (χ0v) is 11.1. The van der Waals surface area contributed by atoms with Gasteiger partial charge < -0.3 is 10.1 Å². The summed E-state index contributed by atoms with van der Waals surface area (Å²) in [5.74, 6) is 0. The molecule has 0 aliphatic heterocycles. The zero-order chi connectivity index (χ0) is 11.5. The highest BCUT2D eigenvalue weighted by Crippen LogP contribution is 2.34. The van der Waals surface area contributed by atoms with E-state index in [-0.39, 0.29) is 11.6 Å². The van der Waals surface area contributed by atoms with Crippen LogP contribution in [0.3, 0.4) is 0 Å². The smallest absolute Gasteiger partial charge is 0.0849 e. The lowest BCUT2D eigenvalue weighted by Crippen LogP contribution is -2.41. The Hall–Kier alpha value is -0.380. The van der Waals surface area contributed by atoms with Gasteiger partial charge in [0.25, 0.3) is 0 Å². The Morgan fingerprint density at radius 1 is 1.53 bits per heavy atom. The normalized spacial score (nSPS) is 17.4. The third-order valence-corrected chi connectivity index (χ3v) is 4.18. The number of methoxy groups -OCH3 is 1. The molecule has 0 amide bonds. The van der Waals surface area contributed by atoms with Crippen molar-refractivity contribution in [2.75, 3.05) is 14.2 Å². The molecular formula is C12H21NOS. The van der Waals surface area contributed by atoms with E-state index in [1.54, 1.807) is 7.11 Å². The van der Waals surface area contributed by atoms with E-state index in [0.717, 1.165) is 6.42 Å². The third kappa shape index (κ3) is 2.60. The summed E-state index contributed by atoms with van der Waals surface area (Å²) in [6.45, 7) is 6.45. The highest BCUT2D eigenvalue weighted by Gasteiger charge is 2.33. The molecule has 2 nitrogen and oxygen atoms in total. The summed E-state index contributed by atoms with van der Waals surface area (Å²) in [6.07, 6.45) is 0.992. The minimum absolute atomic E-state index is 0.133. The lowest BCUT2D eigenvalue weighted by atomic mass is 9.92. The summed E-state index contributed by atoms with van der Waals surface area (Å²) < 4.78 is 5.65. The first-order valence-electron chi connectivity index (χ1n) is 5.36. The van der Waals surface area contributed by atoms with Crippen molar-refractivity contribution in [3.63, 3.8) is 0 Å². The van der Waals surface area contributed by atoms with Crippen LogP contribution in [0.25, 0.3) is 0 Å². The summed E-state index contributed by atoms with van der Waals surface area (Å²) in [7, 11) is 3.78. The monoisotopic (exact) mass is 227 g/mol. The average molecular weight is 227 g/mol. The van der Waals surface area contributed by atoms with Gasteiger partial charge in [0.15, 0.2) is 0 Å². The van der Waals surface area contributed by atoms with E-state index in [1.807, 2.05) is 18.4 Å². The van der Waals surface area contributed by atoms with E-state index in [4.69, 9.17) is 4.74 Å². The second-order valence-electron chi connectivity index (χ2n) is 4.04. The molecule has 1 heterocycles. The van der Waals surface area contributed by atoms with Crippen molar-refractivity contribution >= 4 is 11.3 Å². The van der Waals surface area contributed by atoms with Crippen molar-refractivity contribution in [1.82, 2.24) is 5.32 Å². The molecule has 2 unspecified atom stereocenters. The van der Waals surface area contributed by atoms with Gasteiger partial charge in [0.2, 0.25) is 0 Å². The zero-order valence-electron chi connectivity index (χ0n) is 10.3. The van der Waals surface area contributed by atoms with Crippen LogP contribution in [0, 0.1) is 6.92 Å². The Morgan fingerprint density at radius 2 is 2.20 bits per heavy atom. The number of ether oxygens (including phenoxy) is 1. The topological polar surface area (TPSA) is 21.3 Å². The quantitative estimate of drug-likeness (QED) is 0.834. The Bertz CT molecular complexity index is 304. The molecule has 1 rings (SSSR count). The fraction of sp³-hybridized carbons (Fsp3) is 0.667. The lowest BCUT2D eigenvalue weighted by molar-refractivity contribution is -0.0271. The molecule has 3 heteroatoms. The summed E-state index contributed by atoms with van der Waals surface area (Å²) in [5.41, 5.74) is -0.133. The standard InChI is InChI=1S/C12H21NOS/c1-6-12(3,14-5)11(13-4)10-8-7-9(2)15-10/h7-8,11,13H,6H2,1-5H3. The van der Waals surface area contributed by atoms with Crippen LogP contribution in [0.15, 0.2) is 12.1 Å². The molecule has 86 valence electrons. The van der Waals surface area contributed by atoms with Crippen LogP contribution in [0.2, 0.25) is 0 Å². The van der Waals surface area contributed by atoms with Gasteiger partial charge >= 0.3 is 0 Å². The minimum Gasteiger partial charge on any atom is -0.377 e. The molecule has 1 aromatic heterocycles. The van der Waals surface area contributed by atoms with Gasteiger partial charge in [-0.15, -0.1) is 11.3 Å². The van der Waals surface area contributed by atoms with Gasteiger partial charge in [-0.2, -0.15) is 0 Å². The Kier molecular flexibility index (Phi) is 4.32. The van der Waals surface area contributed by atoms with Crippen LogP contribution >= 0.6 is 11.3 Å². The third-order valence-electron chi connectivity index (χ3n) is 3.11. The van der Waals surface area contributed by atoms with Crippen LogP contribution in [0.4, 0.5) is 0 Å². The highest BCUT2D eigenvalue weighted by molar-refractivity contribution is 7.12. The molecule has 2 atom stereocenters. The van der Waals surface area contributed by atoms with Crippen LogP contribution in [0.5, 0.6) is 0 Å². The molecule has 0 radical (unpaired) electrons. The van der Waals surface area contributed by atoms with E-state index in [1.165, 1.54) is 9.75 Å². The van der Waals surface area contributed by atoms with Crippen molar-refractivity contribution in [2.24, 2.45) is 0 Å². The fourth-order valence-electron chi connectivity index (χ4n) is 1.82. The van der Waals surface area contributed by atoms with Crippen LogP contribution in [-0.4, -0.2) is 19.8 Å². The Balaban J connectivity index is 2.97. The molecule has 0 fully saturated rings. The maximum absolute atomic E-state index is 5.65. The Morgan fingerprint density at radius 3 is 2.53 bits per heavy atom. The lowest BCUT2D eigenvalue weighted by Gasteiger charge is -2.35. The van der Waals surface area contributed by atoms with E-state index >= 15 is 0 Å². The van der Waals surface area contributed by atoms with Crippen LogP contribution < -0.4 is 5.32 Å². The summed E-state index contributed by atoms with van der Waals surface area (Å²) in [6, 6.07) is 4.62. The second-order valence-corrected chi connectivity index (χ2v) is 5.36. The van der Waals surface area contributed by atoms with E-state index in [2.05, 4.69) is 38.2 Å². The van der Waals surface area contributed by atoms with Crippen molar-refractivity contribution in [3.8, 4) is 0 Å². The highest BCUT2D eigenvalue weighted by atomic mass is 32.1. The number of hydrogen-bond acceptors (Lipinski definition) is 3. The Labute approximate surface area is 96.7 Å². The molecule has 15 heavy (non-hydrogen) atoms. The van der Waals surface area contributed by atoms with Crippen molar-refractivity contribution in [1.29, 1.82) is 0 Å². The van der Waals surface area contributed by atoms with Gasteiger partial charge in [-0.05, 0) is 39.4 Å². The van der Waals surface area contributed by atoms with Crippen molar-refractivity contribution in [2.45, 2.75) is 38.8 Å². The SMILES string of the molecule is CCC(C)(OC)C(NC)c1ccc(C)s1. The molecule has 0 saturated heterocycles. The molecule has 0 aliphatic carbocycles. The minimum atomic E-state index is -0.133. The van der Waals surface area contributed by atoms with Crippen LogP contribution in [0.1, 0.15) is 36.1 Å². The number of hydrogen-bond donors (Lipinski definition) is 1. The van der Waals surface area contributed by atoms with E-state index in [9.17, 15) is 0 Å². The van der Waals surface area contributed by atoms with Crippen LogP contribution in [-0.2, 0) is 4.74 Å². The van der Waals surface area contributed by atoms with E-state index in [0.29, 0.717) is 0 Å². The molecule has 1 N–H and O–H groups in total. The first-order valence-corrected chi connectivity index (χ1v) is 6.17. The van der Waals surface area contributed by atoms with Crippen molar-refractivity contribution in [3.05, 3.63) is 21.9 Å². The molecule has 1 aromatic rings. The second kappa shape index (κ2) is 5.10. The van der Waals surface area contributed by atoms with Crippen molar-refractivity contribution < 1.29 is 4.74 Å². The number of thiophene rings is 1. The van der Waals surface area contributed by atoms with Gasteiger partial charge in [0.1, 0.15) is 0 Å². The molecule has 0 bridgehead atoms. The van der Waals surface area contributed by atoms with Gasteiger partial charge in [0.05, 0.1) is 11.6 Å². The average Bonchev–Trinajstić information content (AvgIpc) is 2.65. The summed E-state index contributed by atoms with van der Waals surface area (Å²) >= 11 is 1.84. The summed E-state index contributed by atoms with van der Waals surface area (Å²) in [5, 5.41) is 3.36. The fourth-order valence-corrected chi connectivity index (χ4v) is 2.95. The van der Waals surface area contributed by atoms with Gasteiger partial charge in [-0.25, -0.2) is 0 Å². The number of likely N-dealkylation sites (N-methyl/N-ethyl adjacent to an activating group) is 1. The maximum Gasteiger partial charge on any atom is 0.0849 e.